The molecule has 0 saturated carbocycles. The summed E-state index contributed by atoms with van der Waals surface area (Å²) >= 11 is 0. The van der Waals surface area contributed by atoms with Crippen molar-refractivity contribution in [3.05, 3.63) is 35.4 Å². The third-order valence-corrected chi connectivity index (χ3v) is 2.82. The van der Waals surface area contributed by atoms with E-state index in [1.807, 2.05) is 18.2 Å². The van der Waals surface area contributed by atoms with Crippen LogP contribution in [0.4, 0.5) is 0 Å². The van der Waals surface area contributed by atoms with E-state index in [1.54, 1.807) is 6.07 Å². The lowest BCUT2D eigenvalue weighted by atomic mass is 10.1. The summed E-state index contributed by atoms with van der Waals surface area (Å²) in [6.45, 7) is 3.56. The molecule has 0 aromatic heterocycles. The number of hydrogen-bond acceptors (Lipinski definition) is 2. The molecule has 3 N–H and O–H groups in total. The Morgan fingerprint density at radius 1 is 1.37 bits per heavy atom. The largest absolute Gasteiger partial charge is 0.370 e. The fraction of sp³-hybridized carbons (Fsp3) is 0.467. The van der Waals surface area contributed by atoms with Crippen molar-refractivity contribution in [1.29, 1.82) is 5.26 Å². The molecule has 0 radical (unpaired) electrons. The summed E-state index contributed by atoms with van der Waals surface area (Å²) in [4.78, 5) is 4.26. The quantitative estimate of drug-likeness (QED) is 0.448. The first-order chi connectivity index (χ1) is 9.26. The van der Waals surface area contributed by atoms with Crippen molar-refractivity contribution in [1.82, 2.24) is 5.32 Å². The molecule has 102 valence electrons. The van der Waals surface area contributed by atoms with Gasteiger partial charge in [0.1, 0.15) is 0 Å². The van der Waals surface area contributed by atoms with E-state index in [0.717, 1.165) is 18.5 Å². The zero-order chi connectivity index (χ0) is 13.9. The first-order valence-corrected chi connectivity index (χ1v) is 6.79. The van der Waals surface area contributed by atoms with E-state index < -0.39 is 0 Å². The maximum Gasteiger partial charge on any atom is 0.188 e. The number of unbranched alkanes of at least 4 members (excludes halogenated alkanes) is 3. The Morgan fingerprint density at radius 2 is 2.21 bits per heavy atom. The molecule has 0 heterocycles. The summed E-state index contributed by atoms with van der Waals surface area (Å²) < 4.78 is 0. The van der Waals surface area contributed by atoms with Crippen LogP contribution >= 0.6 is 0 Å². The minimum Gasteiger partial charge on any atom is -0.370 e. The van der Waals surface area contributed by atoms with Crippen molar-refractivity contribution < 1.29 is 0 Å². The number of guanidine groups is 1. The average molecular weight is 258 g/mol. The van der Waals surface area contributed by atoms with Crippen molar-refractivity contribution in [3.63, 3.8) is 0 Å². The number of nitriles is 1. The van der Waals surface area contributed by atoms with E-state index >= 15 is 0 Å². The van der Waals surface area contributed by atoms with Crippen LogP contribution in [0.25, 0.3) is 0 Å². The molecule has 1 rings (SSSR count). The van der Waals surface area contributed by atoms with Gasteiger partial charge in [0.25, 0.3) is 0 Å². The second kappa shape index (κ2) is 8.98. The Balaban J connectivity index is 2.32. The number of hydrogen-bond donors (Lipinski definition) is 2. The van der Waals surface area contributed by atoms with Crippen LogP contribution in [0, 0.1) is 11.3 Å². The highest BCUT2D eigenvalue weighted by Crippen LogP contribution is 2.05. The summed E-state index contributed by atoms with van der Waals surface area (Å²) in [5.41, 5.74) is 7.43. The third kappa shape index (κ3) is 6.46. The number of nitrogens with one attached hydrogen (secondary N) is 1. The molecule has 0 fully saturated rings. The van der Waals surface area contributed by atoms with Gasteiger partial charge in [0, 0.05) is 6.54 Å². The Morgan fingerprint density at radius 3 is 2.95 bits per heavy atom. The van der Waals surface area contributed by atoms with E-state index in [9.17, 15) is 0 Å². The highest BCUT2D eigenvalue weighted by atomic mass is 15.1. The summed E-state index contributed by atoms with van der Waals surface area (Å²) in [6, 6.07) is 9.53. The molecule has 0 atom stereocenters. The van der Waals surface area contributed by atoms with Gasteiger partial charge >= 0.3 is 0 Å². The predicted octanol–water partition coefficient (Wildman–Crippen LogP) is 2.54. The van der Waals surface area contributed by atoms with Crippen molar-refractivity contribution >= 4 is 5.96 Å². The third-order valence-electron chi connectivity index (χ3n) is 2.82. The minimum absolute atomic E-state index is 0.471. The lowest BCUT2D eigenvalue weighted by Crippen LogP contribution is -2.32. The van der Waals surface area contributed by atoms with Gasteiger partial charge in [0.15, 0.2) is 5.96 Å². The SMILES string of the molecule is CCCCCCNC(N)=NCc1cccc(C#N)c1. The Bertz CT molecular complexity index is 446. The second-order valence-corrected chi connectivity index (χ2v) is 4.50. The van der Waals surface area contributed by atoms with Crippen LogP contribution in [-0.2, 0) is 6.54 Å². The number of rotatable bonds is 7. The maximum absolute atomic E-state index is 8.80. The molecular weight excluding hydrogens is 236 g/mol. The first kappa shape index (κ1) is 15.0. The van der Waals surface area contributed by atoms with Gasteiger partial charge in [0.05, 0.1) is 18.2 Å². The van der Waals surface area contributed by atoms with Crippen LogP contribution < -0.4 is 11.1 Å². The van der Waals surface area contributed by atoms with E-state index in [4.69, 9.17) is 11.0 Å². The smallest absolute Gasteiger partial charge is 0.188 e. The van der Waals surface area contributed by atoms with E-state index in [1.165, 1.54) is 19.3 Å². The van der Waals surface area contributed by atoms with E-state index in [0.29, 0.717) is 18.1 Å². The van der Waals surface area contributed by atoms with E-state index in [-0.39, 0.29) is 0 Å². The molecule has 0 amide bonds. The highest BCUT2D eigenvalue weighted by Gasteiger charge is 1.95. The molecule has 1 aromatic carbocycles. The summed E-state index contributed by atoms with van der Waals surface area (Å²) in [5.74, 6) is 0.471. The molecule has 0 bridgehead atoms. The molecule has 1 aromatic rings. The molecule has 0 unspecified atom stereocenters. The molecule has 0 aliphatic heterocycles. The Kier molecular flexibility index (Phi) is 7.11. The highest BCUT2D eigenvalue weighted by molar-refractivity contribution is 5.77. The van der Waals surface area contributed by atoms with Gasteiger partial charge in [0.2, 0.25) is 0 Å². The molecule has 0 aliphatic carbocycles. The fourth-order valence-corrected chi connectivity index (χ4v) is 1.74. The summed E-state index contributed by atoms with van der Waals surface area (Å²) in [7, 11) is 0. The van der Waals surface area contributed by atoms with Gasteiger partial charge in [-0.2, -0.15) is 5.26 Å². The van der Waals surface area contributed by atoms with Gasteiger partial charge in [-0.3, -0.25) is 0 Å². The molecular formula is C15H22N4. The summed E-state index contributed by atoms with van der Waals surface area (Å²) in [5, 5.41) is 11.9. The predicted molar refractivity (Wildman–Crippen MR) is 78.6 cm³/mol. The van der Waals surface area contributed by atoms with Crippen molar-refractivity contribution in [2.75, 3.05) is 6.54 Å². The van der Waals surface area contributed by atoms with Gasteiger partial charge in [-0.1, -0.05) is 38.3 Å². The summed E-state index contributed by atoms with van der Waals surface area (Å²) in [6.07, 6.45) is 4.84. The monoisotopic (exact) mass is 258 g/mol. The lowest BCUT2D eigenvalue weighted by Gasteiger charge is -2.05. The van der Waals surface area contributed by atoms with Gasteiger partial charge in [-0.05, 0) is 24.1 Å². The van der Waals surface area contributed by atoms with Crippen LogP contribution in [0.1, 0.15) is 43.7 Å². The van der Waals surface area contributed by atoms with Crippen LogP contribution in [0.2, 0.25) is 0 Å². The topological polar surface area (TPSA) is 74.2 Å². The van der Waals surface area contributed by atoms with Gasteiger partial charge < -0.3 is 11.1 Å². The maximum atomic E-state index is 8.80. The molecule has 0 saturated heterocycles. The van der Waals surface area contributed by atoms with Crippen molar-refractivity contribution in [3.8, 4) is 6.07 Å². The lowest BCUT2D eigenvalue weighted by molar-refractivity contribution is 0.652. The van der Waals surface area contributed by atoms with Gasteiger partial charge in [-0.25, -0.2) is 4.99 Å². The van der Waals surface area contributed by atoms with Crippen LogP contribution in [0.15, 0.2) is 29.3 Å². The molecule has 19 heavy (non-hydrogen) atoms. The average Bonchev–Trinajstić information content (AvgIpc) is 2.45. The van der Waals surface area contributed by atoms with Crippen molar-refractivity contribution in [2.24, 2.45) is 10.7 Å². The Labute approximate surface area is 115 Å². The molecule has 4 nitrogen and oxygen atoms in total. The number of benzene rings is 1. The number of nitrogens with zero attached hydrogens (tertiary/aromatic N) is 2. The standard InChI is InChI=1S/C15H22N4/c1-2-3-4-5-9-18-15(17)19-12-14-8-6-7-13(10-14)11-16/h6-8,10H,2-5,9,12H2,1H3,(H3,17,18,19). The zero-order valence-electron chi connectivity index (χ0n) is 11.5. The van der Waals surface area contributed by atoms with Crippen LogP contribution in [0.3, 0.4) is 0 Å². The Hall–Kier alpha value is -2.02. The number of nitrogens with two attached hydrogens (primary N) is 1. The van der Waals surface area contributed by atoms with Gasteiger partial charge in [-0.15, -0.1) is 0 Å². The van der Waals surface area contributed by atoms with Crippen LogP contribution in [-0.4, -0.2) is 12.5 Å². The normalized spacial score (nSPS) is 11.1. The van der Waals surface area contributed by atoms with E-state index in [2.05, 4.69) is 23.3 Å². The van der Waals surface area contributed by atoms with Crippen molar-refractivity contribution in [2.45, 2.75) is 39.2 Å². The number of aliphatic imine (C=N–C) groups is 1. The minimum atomic E-state index is 0.471. The zero-order valence-corrected chi connectivity index (χ0v) is 11.5. The second-order valence-electron chi connectivity index (χ2n) is 4.50. The molecule has 0 spiro atoms. The van der Waals surface area contributed by atoms with Crippen LogP contribution in [0.5, 0.6) is 0 Å². The molecule has 0 aliphatic rings. The fourth-order valence-electron chi connectivity index (χ4n) is 1.74. The first-order valence-electron chi connectivity index (χ1n) is 6.79. The molecule has 4 heteroatoms.